The van der Waals surface area contributed by atoms with E-state index < -0.39 is 5.97 Å². The molecule has 0 fully saturated rings. The molecule has 9 heavy (non-hydrogen) atoms. The second-order valence-corrected chi connectivity index (χ2v) is 2.85. The fraction of sp³-hybridized carbons (Fsp3) is 0.800. The predicted octanol–water partition coefficient (Wildman–Crippen LogP) is 0.344. The van der Waals surface area contributed by atoms with Crippen molar-refractivity contribution in [3.8, 4) is 0 Å². The van der Waals surface area contributed by atoms with E-state index in [1.807, 2.05) is 0 Å². The highest BCUT2D eigenvalue weighted by atomic mass is 35.5. The zero-order valence-corrected chi connectivity index (χ0v) is 6.35. The number of halogens is 1. The van der Waals surface area contributed by atoms with Crippen molar-refractivity contribution in [1.82, 2.24) is 0 Å². The molecule has 54 valence electrons. The Morgan fingerprint density at radius 3 is 2.22 bits per heavy atom. The molecule has 0 atom stereocenters. The van der Waals surface area contributed by atoms with E-state index >= 15 is 0 Å². The van der Waals surface area contributed by atoms with Crippen LogP contribution in [0, 0.1) is 0 Å². The molecule has 0 rings (SSSR count). The van der Waals surface area contributed by atoms with Crippen LogP contribution in [0.3, 0.4) is 0 Å². The fourth-order valence-corrected chi connectivity index (χ4v) is 0.493. The maximum absolute atomic E-state index is 10.1. The fourth-order valence-electron chi connectivity index (χ4n) is 0.408. The van der Waals surface area contributed by atoms with Crippen LogP contribution >= 0.6 is 11.6 Å². The largest absolute Gasteiger partial charge is 0.477 e. The zero-order valence-electron chi connectivity index (χ0n) is 5.59. The van der Waals surface area contributed by atoms with Gasteiger partial charge in [0.25, 0.3) is 0 Å². The van der Waals surface area contributed by atoms with Crippen LogP contribution in [0.5, 0.6) is 0 Å². The Balaban J connectivity index is 3.71. The number of hydrogen-bond acceptors (Lipinski definition) is 1. The number of carboxylic acid groups (broad SMARTS) is 1. The molecule has 0 amide bonds. The van der Waals surface area contributed by atoms with E-state index in [0.717, 1.165) is 0 Å². The monoisotopic (exact) mass is 152 g/mol. The molecule has 0 aliphatic heterocycles. The second kappa shape index (κ2) is 3.03. The average molecular weight is 153 g/mol. The van der Waals surface area contributed by atoms with Crippen molar-refractivity contribution < 1.29 is 14.4 Å². The van der Waals surface area contributed by atoms with Gasteiger partial charge in [-0.2, -0.15) is 0 Å². The third-order valence-electron chi connectivity index (χ3n) is 0.887. The van der Waals surface area contributed by atoms with Gasteiger partial charge in [-0.25, -0.2) is 4.79 Å². The quantitative estimate of drug-likeness (QED) is 0.360. The summed E-state index contributed by atoms with van der Waals surface area (Å²) in [6, 6.07) is 0.326. The van der Waals surface area contributed by atoms with Gasteiger partial charge in [0.1, 0.15) is 0 Å². The standard InChI is InChI=1S/C5H10ClNO2/c1-7(2,4-6)3-5(8)9/h3-4H2,1-2H3/p+1. The maximum atomic E-state index is 10.1. The summed E-state index contributed by atoms with van der Waals surface area (Å²) in [6.07, 6.45) is 0. The number of nitrogens with zero attached hydrogens (tertiary/aromatic N) is 1. The van der Waals surface area contributed by atoms with Crippen LogP contribution in [0.1, 0.15) is 0 Å². The molecule has 0 aromatic rings. The number of quaternary nitrogens is 1. The third-order valence-corrected chi connectivity index (χ3v) is 1.53. The van der Waals surface area contributed by atoms with Gasteiger partial charge in [0.2, 0.25) is 0 Å². The number of carbonyl (C=O) groups is 1. The molecule has 0 aromatic carbocycles. The summed E-state index contributed by atoms with van der Waals surface area (Å²) in [5.41, 5.74) is 0. The normalized spacial score (nSPS) is 11.4. The third kappa shape index (κ3) is 4.24. The van der Waals surface area contributed by atoms with Crippen LogP contribution in [0.4, 0.5) is 0 Å². The summed E-state index contributed by atoms with van der Waals surface area (Å²) < 4.78 is 0.316. The first-order valence-electron chi connectivity index (χ1n) is 2.58. The number of aliphatic carboxylic acids is 1. The van der Waals surface area contributed by atoms with Gasteiger partial charge in [0.15, 0.2) is 12.5 Å². The summed E-state index contributed by atoms with van der Waals surface area (Å²) in [4.78, 5) is 10.1. The molecule has 0 aromatic heterocycles. The Bertz CT molecular complexity index is 114. The van der Waals surface area contributed by atoms with Gasteiger partial charge in [-0.1, -0.05) is 11.6 Å². The molecule has 0 aliphatic carbocycles. The number of hydrogen-bond donors (Lipinski definition) is 1. The lowest BCUT2D eigenvalue weighted by atomic mass is 10.5. The lowest BCUT2D eigenvalue weighted by Crippen LogP contribution is -2.42. The van der Waals surface area contributed by atoms with E-state index in [-0.39, 0.29) is 6.54 Å². The molecule has 0 radical (unpaired) electrons. The molecule has 0 unspecified atom stereocenters. The van der Waals surface area contributed by atoms with Crippen molar-refractivity contribution in [2.45, 2.75) is 0 Å². The molecule has 0 spiro atoms. The van der Waals surface area contributed by atoms with Crippen molar-refractivity contribution in [3.63, 3.8) is 0 Å². The lowest BCUT2D eigenvalue weighted by Gasteiger charge is -2.23. The first kappa shape index (κ1) is 8.72. The van der Waals surface area contributed by atoms with E-state index in [0.29, 0.717) is 10.5 Å². The topological polar surface area (TPSA) is 37.3 Å². The van der Waals surface area contributed by atoms with Gasteiger partial charge in [-0.3, -0.25) is 0 Å². The Morgan fingerprint density at radius 1 is 1.67 bits per heavy atom. The highest BCUT2D eigenvalue weighted by Gasteiger charge is 2.16. The molecule has 4 heteroatoms. The smallest absolute Gasteiger partial charge is 0.359 e. The van der Waals surface area contributed by atoms with Crippen LogP contribution in [0.25, 0.3) is 0 Å². The van der Waals surface area contributed by atoms with Crippen LogP contribution < -0.4 is 0 Å². The van der Waals surface area contributed by atoms with E-state index in [1.165, 1.54) is 0 Å². The second-order valence-electron chi connectivity index (χ2n) is 2.61. The summed E-state index contributed by atoms with van der Waals surface area (Å²) in [6.45, 7) is 0.0729. The summed E-state index contributed by atoms with van der Waals surface area (Å²) in [5, 5.41) is 8.31. The van der Waals surface area contributed by atoms with Crippen molar-refractivity contribution in [2.24, 2.45) is 0 Å². The van der Waals surface area contributed by atoms with E-state index in [9.17, 15) is 4.79 Å². The van der Waals surface area contributed by atoms with Crippen LogP contribution in [-0.4, -0.2) is 42.2 Å². The number of alkyl halides is 1. The maximum Gasteiger partial charge on any atom is 0.359 e. The van der Waals surface area contributed by atoms with Crippen LogP contribution in [-0.2, 0) is 4.79 Å². The molecular formula is C5H11ClNO2+. The van der Waals surface area contributed by atoms with Crippen molar-refractivity contribution in [3.05, 3.63) is 0 Å². The summed E-state index contributed by atoms with van der Waals surface area (Å²) in [7, 11) is 3.53. The Morgan fingerprint density at radius 2 is 2.11 bits per heavy atom. The highest BCUT2D eigenvalue weighted by molar-refractivity contribution is 6.17. The summed E-state index contributed by atoms with van der Waals surface area (Å²) >= 11 is 5.45. The molecular weight excluding hydrogens is 142 g/mol. The highest BCUT2D eigenvalue weighted by Crippen LogP contribution is 1.97. The molecule has 1 N–H and O–H groups in total. The SMILES string of the molecule is C[N+](C)(CCl)CC(=O)O. The van der Waals surface area contributed by atoms with Crippen LogP contribution in [0.2, 0.25) is 0 Å². The van der Waals surface area contributed by atoms with Gasteiger partial charge in [-0.05, 0) is 0 Å². The summed E-state index contributed by atoms with van der Waals surface area (Å²) in [5.74, 6) is -0.819. The molecule has 0 saturated heterocycles. The Hall–Kier alpha value is -0.280. The minimum absolute atomic E-state index is 0.0729. The van der Waals surface area contributed by atoms with Gasteiger partial charge < -0.3 is 9.59 Å². The van der Waals surface area contributed by atoms with E-state index in [1.54, 1.807) is 14.1 Å². The van der Waals surface area contributed by atoms with Gasteiger partial charge in [0, 0.05) is 0 Å². The Kier molecular flexibility index (Phi) is 2.94. The van der Waals surface area contributed by atoms with Gasteiger partial charge in [-0.15, -0.1) is 0 Å². The molecule has 0 bridgehead atoms. The first-order chi connectivity index (χ1) is 3.98. The first-order valence-corrected chi connectivity index (χ1v) is 3.11. The van der Waals surface area contributed by atoms with E-state index in [4.69, 9.17) is 16.7 Å². The number of likely N-dealkylation sites (N-methyl/N-ethyl adjacent to an activating group) is 1. The van der Waals surface area contributed by atoms with Crippen LogP contribution in [0.15, 0.2) is 0 Å². The lowest BCUT2D eigenvalue weighted by molar-refractivity contribution is -0.871. The Labute approximate surface area is 59.4 Å². The van der Waals surface area contributed by atoms with Crippen molar-refractivity contribution in [1.29, 1.82) is 0 Å². The minimum Gasteiger partial charge on any atom is -0.477 e. The average Bonchev–Trinajstić information content (AvgIpc) is 1.63. The molecule has 3 nitrogen and oxygen atoms in total. The van der Waals surface area contributed by atoms with Gasteiger partial charge >= 0.3 is 5.97 Å². The van der Waals surface area contributed by atoms with E-state index in [2.05, 4.69) is 0 Å². The zero-order chi connectivity index (χ0) is 7.49. The van der Waals surface area contributed by atoms with Crippen molar-refractivity contribution >= 4 is 17.6 Å². The predicted molar refractivity (Wildman–Crippen MR) is 35.3 cm³/mol. The minimum atomic E-state index is -0.819. The molecule has 0 aliphatic rings. The number of rotatable bonds is 3. The van der Waals surface area contributed by atoms with Gasteiger partial charge in [0.05, 0.1) is 14.1 Å². The number of carboxylic acids is 1. The molecule has 0 heterocycles. The van der Waals surface area contributed by atoms with Crippen molar-refractivity contribution in [2.75, 3.05) is 26.6 Å². The molecule has 0 saturated carbocycles.